The van der Waals surface area contributed by atoms with Crippen LogP contribution in [0.5, 0.6) is 0 Å². The highest BCUT2D eigenvalue weighted by Gasteiger charge is 2.28. The third-order valence-electron chi connectivity index (χ3n) is 3.25. The second-order valence-electron chi connectivity index (χ2n) is 4.89. The van der Waals surface area contributed by atoms with E-state index in [1.807, 2.05) is 19.1 Å². The van der Waals surface area contributed by atoms with Crippen LogP contribution >= 0.6 is 0 Å². The van der Waals surface area contributed by atoms with Crippen LogP contribution in [0.2, 0.25) is 0 Å². The summed E-state index contributed by atoms with van der Waals surface area (Å²) in [6.07, 6.45) is 2.32. The third-order valence-corrected chi connectivity index (χ3v) is 3.25. The highest BCUT2D eigenvalue weighted by Crippen LogP contribution is 2.40. The highest BCUT2D eigenvalue weighted by molar-refractivity contribution is 5.96. The zero-order valence-electron chi connectivity index (χ0n) is 10.9. The number of aryl methyl sites for hydroxylation is 2. The summed E-state index contributed by atoms with van der Waals surface area (Å²) in [5.74, 6) is 1.72. The monoisotopic (exact) mass is 260 g/mol. The van der Waals surface area contributed by atoms with Crippen molar-refractivity contribution < 1.29 is 4.79 Å². The number of nitrogens with one attached hydrogen (secondary N) is 1. The number of hydrogen-bond donors (Lipinski definition) is 2. The second kappa shape index (κ2) is 4.11. The Morgan fingerprint density at radius 1 is 1.53 bits per heavy atom. The molecule has 0 spiro atoms. The van der Waals surface area contributed by atoms with Gasteiger partial charge in [0, 0.05) is 25.1 Å². The first kappa shape index (κ1) is 11.8. The molecule has 3 N–H and O–H groups in total. The summed E-state index contributed by atoms with van der Waals surface area (Å²) in [6.45, 7) is 1.87. The van der Waals surface area contributed by atoms with Crippen molar-refractivity contribution in [3.63, 3.8) is 0 Å². The number of aromatic amines is 1. The lowest BCUT2D eigenvalue weighted by Gasteiger charge is -2.17. The molecule has 7 nitrogen and oxygen atoms in total. The molecule has 2 aromatic heterocycles. The van der Waals surface area contributed by atoms with Crippen LogP contribution in [0.1, 0.15) is 30.1 Å². The van der Waals surface area contributed by atoms with Crippen LogP contribution in [-0.4, -0.2) is 26.0 Å². The topological polar surface area (TPSA) is 92.8 Å². The molecule has 1 saturated carbocycles. The number of carbonyl (C=O) groups excluding carboxylic acids is 1. The minimum Gasteiger partial charge on any atom is -0.351 e. The molecule has 2 amide bonds. The second-order valence-corrected chi connectivity index (χ2v) is 4.89. The molecular weight excluding hydrogens is 244 g/mol. The minimum atomic E-state index is -0.561. The average molecular weight is 260 g/mol. The van der Waals surface area contributed by atoms with Gasteiger partial charge in [-0.1, -0.05) is 0 Å². The molecule has 1 aliphatic rings. The van der Waals surface area contributed by atoms with Crippen molar-refractivity contribution in [2.45, 2.75) is 25.7 Å². The maximum absolute atomic E-state index is 11.7. The van der Waals surface area contributed by atoms with Gasteiger partial charge >= 0.3 is 6.03 Å². The summed E-state index contributed by atoms with van der Waals surface area (Å²) in [4.78, 5) is 13.1. The summed E-state index contributed by atoms with van der Waals surface area (Å²) < 4.78 is 1.62. The van der Waals surface area contributed by atoms with Crippen LogP contribution in [0.4, 0.5) is 16.4 Å². The van der Waals surface area contributed by atoms with Crippen molar-refractivity contribution in [1.29, 1.82) is 0 Å². The van der Waals surface area contributed by atoms with Crippen LogP contribution in [0.15, 0.2) is 12.1 Å². The molecule has 7 heteroatoms. The van der Waals surface area contributed by atoms with Gasteiger partial charge in [-0.3, -0.25) is 9.78 Å². The van der Waals surface area contributed by atoms with Gasteiger partial charge in [-0.15, -0.1) is 0 Å². The van der Waals surface area contributed by atoms with E-state index in [0.717, 1.165) is 24.2 Å². The number of anilines is 2. The van der Waals surface area contributed by atoms with E-state index in [4.69, 9.17) is 5.73 Å². The maximum Gasteiger partial charge on any atom is 0.326 e. The summed E-state index contributed by atoms with van der Waals surface area (Å²) in [6, 6.07) is 3.13. The van der Waals surface area contributed by atoms with Crippen LogP contribution in [0, 0.1) is 6.92 Å². The fourth-order valence-electron chi connectivity index (χ4n) is 2.19. The van der Waals surface area contributed by atoms with Gasteiger partial charge in [-0.25, -0.2) is 9.69 Å². The zero-order chi connectivity index (χ0) is 13.6. The fraction of sp³-hybridized carbons (Fsp3) is 0.417. The van der Waals surface area contributed by atoms with Crippen molar-refractivity contribution >= 4 is 17.7 Å². The molecule has 0 unspecified atom stereocenters. The van der Waals surface area contributed by atoms with Gasteiger partial charge in [-0.05, 0) is 19.8 Å². The van der Waals surface area contributed by atoms with Crippen molar-refractivity contribution in [2.24, 2.45) is 12.8 Å². The molecule has 0 atom stereocenters. The van der Waals surface area contributed by atoms with Crippen molar-refractivity contribution in [3.05, 3.63) is 23.5 Å². The van der Waals surface area contributed by atoms with Crippen molar-refractivity contribution in [3.8, 4) is 0 Å². The SMILES string of the molecule is Cc1cc(N(C(N)=O)c2cc(C3CC3)n[nH]2)n(C)n1. The van der Waals surface area contributed by atoms with E-state index < -0.39 is 6.03 Å². The van der Waals surface area contributed by atoms with Gasteiger partial charge in [0.25, 0.3) is 0 Å². The highest BCUT2D eigenvalue weighted by atomic mass is 16.2. The Bertz CT molecular complexity index is 624. The van der Waals surface area contributed by atoms with Crippen LogP contribution in [0.25, 0.3) is 0 Å². The predicted octanol–water partition coefficient (Wildman–Crippen LogP) is 1.55. The number of primary amides is 1. The Morgan fingerprint density at radius 3 is 2.79 bits per heavy atom. The molecule has 0 aromatic carbocycles. The standard InChI is InChI=1S/C12H16N6O/c1-7-5-11(17(2)16-7)18(12(13)19)10-6-9(14-15-10)8-3-4-8/h5-6,8H,3-4H2,1-2H3,(H2,13,19)(H,14,15). The molecule has 0 bridgehead atoms. The largest absolute Gasteiger partial charge is 0.351 e. The Balaban J connectivity index is 2.00. The molecule has 1 aliphatic carbocycles. The van der Waals surface area contributed by atoms with Gasteiger partial charge < -0.3 is 5.73 Å². The molecule has 100 valence electrons. The number of carbonyl (C=O) groups is 1. The van der Waals surface area contributed by atoms with E-state index in [-0.39, 0.29) is 0 Å². The molecule has 3 rings (SSSR count). The van der Waals surface area contributed by atoms with E-state index >= 15 is 0 Å². The number of rotatable bonds is 3. The summed E-state index contributed by atoms with van der Waals surface area (Å²) in [7, 11) is 1.77. The van der Waals surface area contributed by atoms with E-state index in [1.54, 1.807) is 11.7 Å². The molecule has 2 aromatic rings. The smallest absolute Gasteiger partial charge is 0.326 e. The molecule has 0 radical (unpaired) electrons. The number of H-pyrrole nitrogens is 1. The minimum absolute atomic E-state index is 0.521. The third kappa shape index (κ3) is 2.07. The number of nitrogens with zero attached hydrogens (tertiary/aromatic N) is 4. The number of amides is 2. The Kier molecular flexibility index (Phi) is 2.55. The van der Waals surface area contributed by atoms with Crippen LogP contribution < -0.4 is 10.6 Å². The fourth-order valence-corrected chi connectivity index (χ4v) is 2.19. The van der Waals surface area contributed by atoms with E-state index in [1.165, 1.54) is 4.90 Å². The molecule has 19 heavy (non-hydrogen) atoms. The molecule has 0 saturated heterocycles. The number of aromatic nitrogens is 4. The van der Waals surface area contributed by atoms with Gasteiger partial charge in [-0.2, -0.15) is 10.2 Å². The normalized spacial score (nSPS) is 14.6. The zero-order valence-corrected chi connectivity index (χ0v) is 10.9. The number of hydrogen-bond acceptors (Lipinski definition) is 3. The lowest BCUT2D eigenvalue weighted by Crippen LogP contribution is -2.33. The Labute approximate surface area is 110 Å². The lowest BCUT2D eigenvalue weighted by molar-refractivity contribution is 0.255. The first-order valence-corrected chi connectivity index (χ1v) is 6.22. The van der Waals surface area contributed by atoms with Crippen LogP contribution in [-0.2, 0) is 7.05 Å². The van der Waals surface area contributed by atoms with Crippen LogP contribution in [0.3, 0.4) is 0 Å². The first-order valence-electron chi connectivity index (χ1n) is 6.22. The van der Waals surface area contributed by atoms with E-state index in [2.05, 4.69) is 15.3 Å². The maximum atomic E-state index is 11.7. The summed E-state index contributed by atoms with van der Waals surface area (Å²) >= 11 is 0. The van der Waals surface area contributed by atoms with Gasteiger partial charge in [0.1, 0.15) is 11.6 Å². The number of nitrogens with two attached hydrogens (primary N) is 1. The van der Waals surface area contributed by atoms with Gasteiger partial charge in [0.15, 0.2) is 0 Å². The van der Waals surface area contributed by atoms with E-state index in [9.17, 15) is 4.79 Å². The van der Waals surface area contributed by atoms with Gasteiger partial charge in [0.2, 0.25) is 0 Å². The molecule has 1 fully saturated rings. The lowest BCUT2D eigenvalue weighted by atomic mass is 10.3. The predicted molar refractivity (Wildman–Crippen MR) is 70.2 cm³/mol. The van der Waals surface area contributed by atoms with Crippen molar-refractivity contribution in [1.82, 2.24) is 20.0 Å². The summed E-state index contributed by atoms with van der Waals surface area (Å²) in [5, 5.41) is 11.3. The molecule has 2 heterocycles. The quantitative estimate of drug-likeness (QED) is 0.876. The molecule has 0 aliphatic heterocycles. The Morgan fingerprint density at radius 2 is 2.26 bits per heavy atom. The van der Waals surface area contributed by atoms with Gasteiger partial charge in [0.05, 0.1) is 11.4 Å². The number of urea groups is 1. The van der Waals surface area contributed by atoms with E-state index in [0.29, 0.717) is 17.6 Å². The average Bonchev–Trinajstić information content (AvgIpc) is 2.99. The summed E-state index contributed by atoms with van der Waals surface area (Å²) in [5.41, 5.74) is 7.29. The first-order chi connectivity index (χ1) is 9.06. The molecular formula is C12H16N6O. The Hall–Kier alpha value is -2.31. The van der Waals surface area contributed by atoms with Crippen molar-refractivity contribution in [2.75, 3.05) is 4.90 Å².